The van der Waals surface area contributed by atoms with E-state index in [1.165, 1.54) is 5.56 Å². The van der Waals surface area contributed by atoms with Gasteiger partial charge in [0, 0.05) is 25.6 Å². The molecule has 0 amide bonds. The normalized spacial score (nSPS) is 19.6. The number of benzene rings is 1. The minimum atomic E-state index is 0.615. The highest BCUT2D eigenvalue weighted by Gasteiger charge is 2.14. The first kappa shape index (κ1) is 12.6. The topological polar surface area (TPSA) is 30.5 Å². The molecule has 0 radical (unpaired) electrons. The van der Waals surface area contributed by atoms with E-state index in [0.717, 1.165) is 45.9 Å². The standard InChI is InChI=1S/C14H21NO2/c1-2-4-13(5-3-1)10-15-7-9-17-12-14-6-8-16-11-14/h1-5,14-15H,6-12H2. The van der Waals surface area contributed by atoms with E-state index in [1.54, 1.807) is 0 Å². The fraction of sp³-hybridized carbons (Fsp3) is 0.571. The van der Waals surface area contributed by atoms with Crippen molar-refractivity contribution < 1.29 is 9.47 Å². The van der Waals surface area contributed by atoms with Crippen molar-refractivity contribution in [2.45, 2.75) is 13.0 Å². The number of rotatable bonds is 7. The van der Waals surface area contributed by atoms with Crippen LogP contribution in [0.4, 0.5) is 0 Å². The summed E-state index contributed by atoms with van der Waals surface area (Å²) in [6.07, 6.45) is 1.15. The Labute approximate surface area is 103 Å². The van der Waals surface area contributed by atoms with Gasteiger partial charge in [-0.1, -0.05) is 30.3 Å². The lowest BCUT2D eigenvalue weighted by atomic mass is 10.1. The first-order chi connectivity index (χ1) is 8.45. The van der Waals surface area contributed by atoms with Crippen molar-refractivity contribution >= 4 is 0 Å². The van der Waals surface area contributed by atoms with Crippen molar-refractivity contribution in [1.29, 1.82) is 0 Å². The Bertz CT molecular complexity index is 296. The number of hydrogen-bond acceptors (Lipinski definition) is 3. The summed E-state index contributed by atoms with van der Waals surface area (Å²) in [5.41, 5.74) is 1.32. The summed E-state index contributed by atoms with van der Waals surface area (Å²) in [5.74, 6) is 0.615. The van der Waals surface area contributed by atoms with Crippen LogP contribution in [0.1, 0.15) is 12.0 Å². The van der Waals surface area contributed by atoms with Gasteiger partial charge in [0.1, 0.15) is 0 Å². The van der Waals surface area contributed by atoms with Crippen LogP contribution < -0.4 is 5.32 Å². The van der Waals surface area contributed by atoms with Crippen LogP contribution in [0.15, 0.2) is 30.3 Å². The monoisotopic (exact) mass is 235 g/mol. The predicted molar refractivity (Wildman–Crippen MR) is 67.9 cm³/mol. The second kappa shape index (κ2) is 7.43. The van der Waals surface area contributed by atoms with E-state index in [4.69, 9.17) is 9.47 Å². The molecule has 1 fully saturated rings. The first-order valence-corrected chi connectivity index (χ1v) is 6.35. The molecule has 2 rings (SSSR count). The van der Waals surface area contributed by atoms with Crippen molar-refractivity contribution in [1.82, 2.24) is 5.32 Å². The summed E-state index contributed by atoms with van der Waals surface area (Å²) in [6.45, 7) is 5.22. The zero-order chi connectivity index (χ0) is 11.8. The van der Waals surface area contributed by atoms with Crippen molar-refractivity contribution in [2.75, 3.05) is 33.0 Å². The van der Waals surface area contributed by atoms with E-state index in [9.17, 15) is 0 Å². The van der Waals surface area contributed by atoms with Crippen LogP contribution >= 0.6 is 0 Å². The Morgan fingerprint density at radius 2 is 2.18 bits per heavy atom. The van der Waals surface area contributed by atoms with Gasteiger partial charge in [0.2, 0.25) is 0 Å². The first-order valence-electron chi connectivity index (χ1n) is 6.35. The van der Waals surface area contributed by atoms with Gasteiger partial charge in [0.25, 0.3) is 0 Å². The van der Waals surface area contributed by atoms with Crippen LogP contribution in [0, 0.1) is 5.92 Å². The zero-order valence-electron chi connectivity index (χ0n) is 10.2. The molecular formula is C14H21NO2. The molecule has 1 aromatic carbocycles. The van der Waals surface area contributed by atoms with Gasteiger partial charge in [-0.2, -0.15) is 0 Å². The Morgan fingerprint density at radius 1 is 1.29 bits per heavy atom. The van der Waals surface area contributed by atoms with Gasteiger partial charge in [-0.15, -0.1) is 0 Å². The van der Waals surface area contributed by atoms with E-state index in [-0.39, 0.29) is 0 Å². The summed E-state index contributed by atoms with van der Waals surface area (Å²) >= 11 is 0. The highest BCUT2D eigenvalue weighted by atomic mass is 16.5. The van der Waals surface area contributed by atoms with Crippen LogP contribution in [0.2, 0.25) is 0 Å². The molecule has 0 bridgehead atoms. The van der Waals surface area contributed by atoms with E-state index >= 15 is 0 Å². The quantitative estimate of drug-likeness (QED) is 0.731. The number of hydrogen-bond donors (Lipinski definition) is 1. The van der Waals surface area contributed by atoms with E-state index < -0.39 is 0 Å². The minimum absolute atomic E-state index is 0.615. The summed E-state index contributed by atoms with van der Waals surface area (Å²) in [5, 5.41) is 3.37. The third kappa shape index (κ3) is 4.86. The molecule has 17 heavy (non-hydrogen) atoms. The zero-order valence-corrected chi connectivity index (χ0v) is 10.2. The molecule has 0 saturated carbocycles. The molecule has 3 heteroatoms. The second-order valence-electron chi connectivity index (χ2n) is 4.47. The summed E-state index contributed by atoms with van der Waals surface area (Å²) in [6, 6.07) is 10.4. The van der Waals surface area contributed by atoms with Crippen molar-refractivity contribution in [2.24, 2.45) is 5.92 Å². The van der Waals surface area contributed by atoms with Crippen LogP contribution in [0.5, 0.6) is 0 Å². The number of ether oxygens (including phenoxy) is 2. The smallest absolute Gasteiger partial charge is 0.0591 e. The lowest BCUT2D eigenvalue weighted by molar-refractivity contribution is 0.0912. The average molecular weight is 235 g/mol. The maximum Gasteiger partial charge on any atom is 0.0591 e. The van der Waals surface area contributed by atoms with Gasteiger partial charge in [0.15, 0.2) is 0 Å². The molecule has 1 heterocycles. The molecule has 1 aliphatic heterocycles. The Morgan fingerprint density at radius 3 is 2.94 bits per heavy atom. The Hall–Kier alpha value is -0.900. The van der Waals surface area contributed by atoms with Crippen molar-refractivity contribution in [3.05, 3.63) is 35.9 Å². The molecule has 1 saturated heterocycles. The van der Waals surface area contributed by atoms with Gasteiger partial charge in [-0.3, -0.25) is 0 Å². The molecule has 0 aromatic heterocycles. The van der Waals surface area contributed by atoms with Gasteiger partial charge in [0.05, 0.1) is 19.8 Å². The molecular weight excluding hydrogens is 214 g/mol. The highest BCUT2D eigenvalue weighted by molar-refractivity contribution is 5.14. The summed E-state index contributed by atoms with van der Waals surface area (Å²) in [7, 11) is 0. The molecule has 1 aliphatic rings. The SMILES string of the molecule is c1ccc(CNCCOCC2CCOC2)cc1. The average Bonchev–Trinajstić information content (AvgIpc) is 2.88. The molecule has 3 nitrogen and oxygen atoms in total. The van der Waals surface area contributed by atoms with Crippen LogP contribution in [0.25, 0.3) is 0 Å². The van der Waals surface area contributed by atoms with Gasteiger partial charge in [-0.05, 0) is 12.0 Å². The van der Waals surface area contributed by atoms with Crippen molar-refractivity contribution in [3.8, 4) is 0 Å². The predicted octanol–water partition coefficient (Wildman–Crippen LogP) is 1.83. The molecule has 0 aliphatic carbocycles. The van der Waals surface area contributed by atoms with E-state index in [1.807, 2.05) is 6.07 Å². The molecule has 1 N–H and O–H groups in total. The maximum atomic E-state index is 5.61. The Kier molecular flexibility index (Phi) is 5.49. The molecule has 1 aromatic rings. The lowest BCUT2D eigenvalue weighted by Gasteiger charge is -2.09. The summed E-state index contributed by atoms with van der Waals surface area (Å²) in [4.78, 5) is 0. The molecule has 1 unspecified atom stereocenters. The van der Waals surface area contributed by atoms with E-state index in [2.05, 4.69) is 29.6 Å². The fourth-order valence-corrected chi connectivity index (χ4v) is 1.94. The second-order valence-corrected chi connectivity index (χ2v) is 4.47. The van der Waals surface area contributed by atoms with Crippen LogP contribution in [0.3, 0.4) is 0 Å². The largest absolute Gasteiger partial charge is 0.381 e. The highest BCUT2D eigenvalue weighted by Crippen LogP contribution is 2.11. The maximum absolute atomic E-state index is 5.61. The summed E-state index contributed by atoms with van der Waals surface area (Å²) < 4.78 is 10.9. The van der Waals surface area contributed by atoms with Gasteiger partial charge >= 0.3 is 0 Å². The minimum Gasteiger partial charge on any atom is -0.381 e. The van der Waals surface area contributed by atoms with Crippen molar-refractivity contribution in [3.63, 3.8) is 0 Å². The third-order valence-electron chi connectivity index (χ3n) is 2.97. The fourth-order valence-electron chi connectivity index (χ4n) is 1.94. The molecule has 1 atom stereocenters. The molecule has 0 spiro atoms. The van der Waals surface area contributed by atoms with Crippen LogP contribution in [-0.4, -0.2) is 33.0 Å². The Balaban J connectivity index is 1.46. The van der Waals surface area contributed by atoms with Crippen LogP contribution in [-0.2, 0) is 16.0 Å². The van der Waals surface area contributed by atoms with Gasteiger partial charge in [-0.25, -0.2) is 0 Å². The number of nitrogens with one attached hydrogen (secondary N) is 1. The van der Waals surface area contributed by atoms with Gasteiger partial charge < -0.3 is 14.8 Å². The lowest BCUT2D eigenvalue weighted by Crippen LogP contribution is -2.21. The van der Waals surface area contributed by atoms with E-state index in [0.29, 0.717) is 5.92 Å². The third-order valence-corrected chi connectivity index (χ3v) is 2.97. The molecule has 94 valence electrons.